The number of amides is 1. The van der Waals surface area contributed by atoms with Crippen LogP contribution < -0.4 is 16.1 Å². The van der Waals surface area contributed by atoms with Crippen LogP contribution in [0.2, 0.25) is 0 Å². The second kappa shape index (κ2) is 9.21. The topological polar surface area (TPSA) is 70.7 Å². The Kier molecular flexibility index (Phi) is 6.42. The molecular weight excluding hydrogens is 440 g/mol. The van der Waals surface area contributed by atoms with Crippen LogP contribution in [0.25, 0.3) is 0 Å². The minimum Gasteiger partial charge on any atom is -0.399 e. The van der Waals surface area contributed by atoms with Crippen LogP contribution in [0.5, 0.6) is 0 Å². The Bertz CT molecular complexity index is 909. The van der Waals surface area contributed by atoms with Gasteiger partial charge in [0.05, 0.1) is 6.21 Å². The molecule has 6 heteroatoms. The lowest BCUT2D eigenvalue weighted by Gasteiger charge is -2.45. The molecule has 2 aromatic carbocycles. The minimum absolute atomic E-state index is 0.260. The average molecular weight is 469 g/mol. The predicted octanol–water partition coefficient (Wildman–Crippen LogP) is 5.35. The van der Waals surface area contributed by atoms with Crippen molar-refractivity contribution >= 4 is 39.4 Å². The van der Waals surface area contributed by atoms with Gasteiger partial charge in [0.1, 0.15) is 0 Å². The van der Waals surface area contributed by atoms with E-state index in [-0.39, 0.29) is 5.91 Å². The van der Waals surface area contributed by atoms with Crippen LogP contribution in [0.4, 0.5) is 11.4 Å². The zero-order valence-corrected chi connectivity index (χ0v) is 18.8. The number of piperidine rings is 1. The van der Waals surface area contributed by atoms with Crippen molar-refractivity contribution in [3.05, 3.63) is 58.1 Å². The third kappa shape index (κ3) is 4.86. The first kappa shape index (κ1) is 20.9. The molecule has 158 valence electrons. The number of rotatable bonds is 4. The molecule has 0 unspecified atom stereocenters. The molecule has 0 radical (unpaired) electrons. The Morgan fingerprint density at radius 1 is 1.03 bits per heavy atom. The number of benzene rings is 2. The van der Waals surface area contributed by atoms with Gasteiger partial charge in [-0.15, -0.1) is 0 Å². The van der Waals surface area contributed by atoms with Gasteiger partial charge in [0, 0.05) is 40.1 Å². The first-order chi connectivity index (χ1) is 14.5. The van der Waals surface area contributed by atoms with E-state index in [2.05, 4.69) is 43.5 Å². The molecule has 30 heavy (non-hydrogen) atoms. The monoisotopic (exact) mass is 468 g/mol. The molecule has 4 rings (SSSR count). The molecule has 1 amide bonds. The van der Waals surface area contributed by atoms with Crippen molar-refractivity contribution in [1.29, 1.82) is 0 Å². The number of nitrogens with zero attached hydrogens (tertiary/aromatic N) is 2. The number of halogens is 1. The van der Waals surface area contributed by atoms with E-state index in [0.29, 0.717) is 16.7 Å². The van der Waals surface area contributed by atoms with Gasteiger partial charge in [-0.1, -0.05) is 41.3 Å². The fourth-order valence-electron chi connectivity index (χ4n) is 4.72. The first-order valence-corrected chi connectivity index (χ1v) is 11.6. The molecule has 2 aliphatic rings. The normalized spacial score (nSPS) is 18.6. The molecule has 0 aromatic heterocycles. The van der Waals surface area contributed by atoms with Crippen molar-refractivity contribution < 1.29 is 4.79 Å². The fraction of sp³-hybridized carbons (Fsp3) is 0.417. The van der Waals surface area contributed by atoms with Crippen molar-refractivity contribution in [2.45, 2.75) is 44.9 Å². The quantitative estimate of drug-likeness (QED) is 0.361. The van der Waals surface area contributed by atoms with Crippen LogP contribution in [-0.4, -0.2) is 25.2 Å². The zero-order valence-electron chi connectivity index (χ0n) is 17.2. The van der Waals surface area contributed by atoms with E-state index >= 15 is 0 Å². The molecule has 0 atom stereocenters. The molecule has 3 N–H and O–H groups in total. The van der Waals surface area contributed by atoms with Gasteiger partial charge in [0.25, 0.3) is 5.91 Å². The largest absolute Gasteiger partial charge is 0.399 e. The number of carbonyl (C=O) groups excluding carboxylic acids is 1. The molecule has 1 saturated carbocycles. The lowest BCUT2D eigenvalue weighted by molar-refractivity contribution is 0.0955. The van der Waals surface area contributed by atoms with Crippen molar-refractivity contribution in [1.82, 2.24) is 5.43 Å². The third-order valence-corrected chi connectivity index (χ3v) is 7.32. The Morgan fingerprint density at radius 3 is 2.40 bits per heavy atom. The van der Waals surface area contributed by atoms with Crippen LogP contribution in [0.1, 0.15) is 60.9 Å². The number of nitrogen functional groups attached to an aromatic ring is 1. The summed E-state index contributed by atoms with van der Waals surface area (Å²) >= 11 is 3.66. The highest BCUT2D eigenvalue weighted by Crippen LogP contribution is 2.45. The molecule has 1 aliphatic heterocycles. The highest BCUT2D eigenvalue weighted by Gasteiger charge is 2.35. The second-order valence-corrected chi connectivity index (χ2v) is 9.43. The van der Waals surface area contributed by atoms with Gasteiger partial charge in [-0.25, -0.2) is 5.43 Å². The van der Waals surface area contributed by atoms with Crippen molar-refractivity contribution in [2.24, 2.45) is 10.5 Å². The summed E-state index contributed by atoms with van der Waals surface area (Å²) in [5.41, 5.74) is 12.2. The van der Waals surface area contributed by atoms with Gasteiger partial charge in [-0.05, 0) is 67.5 Å². The minimum atomic E-state index is -0.260. The highest BCUT2D eigenvalue weighted by molar-refractivity contribution is 9.10. The summed E-state index contributed by atoms with van der Waals surface area (Å²) in [6, 6.07) is 13.1. The van der Waals surface area contributed by atoms with Crippen LogP contribution in [-0.2, 0) is 0 Å². The predicted molar refractivity (Wildman–Crippen MR) is 127 cm³/mol. The molecule has 5 nitrogen and oxygen atoms in total. The van der Waals surface area contributed by atoms with E-state index in [1.54, 1.807) is 30.5 Å². The molecule has 2 aromatic rings. The van der Waals surface area contributed by atoms with Gasteiger partial charge in [-0.3, -0.25) is 4.79 Å². The van der Waals surface area contributed by atoms with Crippen molar-refractivity contribution in [3.8, 4) is 0 Å². The average Bonchev–Trinajstić information content (AvgIpc) is 2.76. The van der Waals surface area contributed by atoms with Gasteiger partial charge < -0.3 is 10.6 Å². The molecule has 1 heterocycles. The van der Waals surface area contributed by atoms with Crippen LogP contribution >= 0.6 is 15.9 Å². The SMILES string of the molecule is Nc1ccc(C(=O)N/N=C/c2ccc(N3CCC4(CCCCC4)CC3)cc2Br)cc1. The molecular formula is C24H29BrN4O. The number of hydrazone groups is 1. The molecule has 1 aliphatic carbocycles. The summed E-state index contributed by atoms with van der Waals surface area (Å²) in [5.74, 6) is -0.260. The Hall–Kier alpha value is -2.34. The zero-order chi connectivity index (χ0) is 21.0. The fourth-order valence-corrected chi connectivity index (χ4v) is 5.19. The van der Waals surface area contributed by atoms with Crippen molar-refractivity contribution in [2.75, 3.05) is 23.7 Å². The maximum absolute atomic E-state index is 12.1. The van der Waals surface area contributed by atoms with Gasteiger partial charge in [0.15, 0.2) is 0 Å². The number of nitrogens with two attached hydrogens (primary N) is 1. The number of carbonyl (C=O) groups is 1. The van der Waals surface area contributed by atoms with Gasteiger partial charge in [-0.2, -0.15) is 5.10 Å². The summed E-state index contributed by atoms with van der Waals surface area (Å²) in [6.45, 7) is 2.27. The number of nitrogens with one attached hydrogen (secondary N) is 1. The molecule has 0 bridgehead atoms. The van der Waals surface area contributed by atoms with E-state index in [0.717, 1.165) is 23.1 Å². The lowest BCUT2D eigenvalue weighted by atomic mass is 9.68. The van der Waals surface area contributed by atoms with Crippen LogP contribution in [0.3, 0.4) is 0 Å². The van der Waals surface area contributed by atoms with Gasteiger partial charge >= 0.3 is 0 Å². The number of hydrogen-bond acceptors (Lipinski definition) is 4. The summed E-state index contributed by atoms with van der Waals surface area (Å²) in [7, 11) is 0. The molecule has 2 fully saturated rings. The maximum Gasteiger partial charge on any atom is 0.271 e. The third-order valence-electron chi connectivity index (χ3n) is 6.63. The maximum atomic E-state index is 12.1. The van der Waals surface area contributed by atoms with E-state index in [9.17, 15) is 4.79 Å². The first-order valence-electron chi connectivity index (χ1n) is 10.8. The Balaban J connectivity index is 1.34. The van der Waals surface area contributed by atoms with Gasteiger partial charge in [0.2, 0.25) is 0 Å². The van der Waals surface area contributed by atoms with E-state index in [1.807, 2.05) is 6.07 Å². The molecule has 1 spiro atoms. The smallest absolute Gasteiger partial charge is 0.271 e. The highest BCUT2D eigenvalue weighted by atomic mass is 79.9. The Labute approximate surface area is 186 Å². The standard InChI is InChI=1S/C24H29BrN4O/c25-22-16-21(29-14-12-24(13-15-29)10-2-1-3-11-24)9-6-19(22)17-27-28-23(30)18-4-7-20(26)8-5-18/h4-9,16-17H,1-3,10-15,26H2,(H,28,30)/b27-17+. The van der Waals surface area contributed by atoms with Crippen molar-refractivity contribution in [3.63, 3.8) is 0 Å². The summed E-state index contributed by atoms with van der Waals surface area (Å²) < 4.78 is 0.975. The number of anilines is 2. The van der Waals surface area contributed by atoms with E-state index in [1.165, 1.54) is 50.6 Å². The summed E-state index contributed by atoms with van der Waals surface area (Å²) in [6.07, 6.45) is 11.4. The van der Waals surface area contributed by atoms with Crippen LogP contribution in [0, 0.1) is 5.41 Å². The second-order valence-electron chi connectivity index (χ2n) is 8.57. The lowest BCUT2D eigenvalue weighted by Crippen LogP contribution is -2.41. The van der Waals surface area contributed by atoms with E-state index in [4.69, 9.17) is 5.73 Å². The Morgan fingerprint density at radius 2 is 1.73 bits per heavy atom. The van der Waals surface area contributed by atoms with E-state index < -0.39 is 0 Å². The molecule has 1 saturated heterocycles. The number of hydrogen-bond donors (Lipinski definition) is 2. The summed E-state index contributed by atoms with van der Waals surface area (Å²) in [4.78, 5) is 14.6. The summed E-state index contributed by atoms with van der Waals surface area (Å²) in [5, 5.41) is 4.10. The van der Waals surface area contributed by atoms with Crippen LogP contribution in [0.15, 0.2) is 52.0 Å².